The normalized spacial score (nSPS) is 18.5. The lowest BCUT2D eigenvalue weighted by Gasteiger charge is -2.21. The van der Waals surface area contributed by atoms with Crippen molar-refractivity contribution in [2.75, 3.05) is 11.5 Å². The van der Waals surface area contributed by atoms with Crippen LogP contribution in [-0.4, -0.2) is 34.5 Å². The van der Waals surface area contributed by atoms with Crippen LogP contribution in [0.3, 0.4) is 0 Å². The van der Waals surface area contributed by atoms with Crippen LogP contribution < -0.4 is 5.32 Å². The summed E-state index contributed by atoms with van der Waals surface area (Å²) >= 11 is 3.89. The molecule has 2 unspecified atom stereocenters. The van der Waals surface area contributed by atoms with Gasteiger partial charge in [0, 0.05) is 11.6 Å². The maximum Gasteiger partial charge on any atom is 0.308 e. The average Bonchev–Trinajstić information content (AvgIpc) is 2.54. The van der Waals surface area contributed by atoms with Crippen LogP contribution in [-0.2, 0) is 4.79 Å². The standard InChI is InChI=1S/C16H21NO3S2/c1-10(15(19)20)11(2)17-14(18)12-4-6-13(7-5-12)16-21-8-3-9-22-16/h4-7,10-11,16H,3,8-9H2,1-2H3,(H,17,18)(H,19,20). The van der Waals surface area contributed by atoms with Crippen LogP contribution in [0, 0.1) is 5.92 Å². The van der Waals surface area contributed by atoms with Gasteiger partial charge in [-0.25, -0.2) is 0 Å². The third kappa shape index (κ3) is 4.43. The fourth-order valence-corrected chi connectivity index (χ4v) is 5.00. The highest BCUT2D eigenvalue weighted by Gasteiger charge is 2.22. The van der Waals surface area contributed by atoms with Crippen molar-refractivity contribution >= 4 is 35.4 Å². The molecule has 1 saturated heterocycles. The van der Waals surface area contributed by atoms with Crippen LogP contribution in [0.25, 0.3) is 0 Å². The molecule has 0 aromatic heterocycles. The Morgan fingerprint density at radius 3 is 2.32 bits per heavy atom. The van der Waals surface area contributed by atoms with E-state index in [1.807, 2.05) is 47.8 Å². The third-order valence-corrected chi connectivity index (χ3v) is 6.79. The Balaban J connectivity index is 1.97. The van der Waals surface area contributed by atoms with Gasteiger partial charge in [-0.05, 0) is 49.5 Å². The number of thioether (sulfide) groups is 2. The van der Waals surface area contributed by atoms with Crippen molar-refractivity contribution in [1.82, 2.24) is 5.32 Å². The highest BCUT2D eigenvalue weighted by atomic mass is 32.2. The monoisotopic (exact) mass is 339 g/mol. The first-order valence-electron chi connectivity index (χ1n) is 7.36. The Bertz CT molecular complexity index is 527. The van der Waals surface area contributed by atoms with E-state index in [-0.39, 0.29) is 5.91 Å². The molecule has 22 heavy (non-hydrogen) atoms. The van der Waals surface area contributed by atoms with E-state index in [0.717, 1.165) is 0 Å². The molecule has 120 valence electrons. The molecule has 0 saturated carbocycles. The average molecular weight is 339 g/mol. The van der Waals surface area contributed by atoms with Crippen molar-refractivity contribution in [2.24, 2.45) is 5.92 Å². The fourth-order valence-electron chi connectivity index (χ4n) is 2.10. The fraction of sp³-hybridized carbons (Fsp3) is 0.500. The molecule has 0 spiro atoms. The SMILES string of the molecule is CC(NC(=O)c1ccc(C2SCCCS2)cc1)C(C)C(=O)O. The molecule has 0 aliphatic carbocycles. The van der Waals surface area contributed by atoms with Crippen molar-refractivity contribution in [3.8, 4) is 0 Å². The molecule has 1 aromatic rings. The maximum atomic E-state index is 12.2. The Morgan fingerprint density at radius 2 is 1.77 bits per heavy atom. The Kier molecular flexibility index (Phi) is 6.20. The lowest BCUT2D eigenvalue weighted by atomic mass is 10.0. The van der Waals surface area contributed by atoms with Crippen molar-refractivity contribution in [2.45, 2.75) is 30.9 Å². The summed E-state index contributed by atoms with van der Waals surface area (Å²) in [6, 6.07) is 7.22. The number of aliphatic carboxylic acids is 1. The van der Waals surface area contributed by atoms with Gasteiger partial charge in [0.15, 0.2) is 0 Å². The van der Waals surface area contributed by atoms with E-state index in [4.69, 9.17) is 5.11 Å². The minimum atomic E-state index is -0.908. The Morgan fingerprint density at radius 1 is 1.18 bits per heavy atom. The van der Waals surface area contributed by atoms with E-state index in [1.165, 1.54) is 23.5 Å². The highest BCUT2D eigenvalue weighted by Crippen LogP contribution is 2.43. The number of hydrogen-bond donors (Lipinski definition) is 2. The molecule has 4 nitrogen and oxygen atoms in total. The molecule has 2 N–H and O–H groups in total. The summed E-state index contributed by atoms with van der Waals surface area (Å²) in [4.78, 5) is 23.1. The molecule has 6 heteroatoms. The van der Waals surface area contributed by atoms with Gasteiger partial charge >= 0.3 is 5.97 Å². The van der Waals surface area contributed by atoms with Gasteiger partial charge in [-0.1, -0.05) is 12.1 Å². The van der Waals surface area contributed by atoms with Crippen molar-refractivity contribution < 1.29 is 14.7 Å². The van der Waals surface area contributed by atoms with Crippen LogP contribution in [0.15, 0.2) is 24.3 Å². The molecule has 2 rings (SSSR count). The summed E-state index contributed by atoms with van der Waals surface area (Å²) in [7, 11) is 0. The summed E-state index contributed by atoms with van der Waals surface area (Å²) < 4.78 is 0.455. The van der Waals surface area contributed by atoms with E-state index >= 15 is 0 Å². The zero-order valence-electron chi connectivity index (χ0n) is 12.7. The minimum Gasteiger partial charge on any atom is -0.481 e. The topological polar surface area (TPSA) is 66.4 Å². The molecule has 1 aromatic carbocycles. The first kappa shape index (κ1) is 17.2. The molecule has 2 atom stereocenters. The van der Waals surface area contributed by atoms with Crippen LogP contribution in [0.2, 0.25) is 0 Å². The maximum absolute atomic E-state index is 12.2. The zero-order chi connectivity index (χ0) is 16.1. The van der Waals surface area contributed by atoms with E-state index in [1.54, 1.807) is 13.8 Å². The van der Waals surface area contributed by atoms with Crippen molar-refractivity contribution in [3.05, 3.63) is 35.4 Å². The highest BCUT2D eigenvalue weighted by molar-refractivity contribution is 8.16. The van der Waals surface area contributed by atoms with Crippen LogP contribution in [0.5, 0.6) is 0 Å². The Hall–Kier alpha value is -1.14. The molecule has 1 heterocycles. The molecule has 1 fully saturated rings. The van der Waals surface area contributed by atoms with E-state index < -0.39 is 17.9 Å². The molecule has 0 bridgehead atoms. The van der Waals surface area contributed by atoms with Gasteiger partial charge in [-0.2, -0.15) is 0 Å². The number of carbonyl (C=O) groups is 2. The number of carboxylic acids is 1. The summed E-state index contributed by atoms with van der Waals surface area (Å²) in [5.41, 5.74) is 1.80. The van der Waals surface area contributed by atoms with Gasteiger partial charge in [0.2, 0.25) is 0 Å². The van der Waals surface area contributed by atoms with Gasteiger partial charge < -0.3 is 10.4 Å². The van der Waals surface area contributed by atoms with Crippen LogP contribution in [0.1, 0.15) is 40.8 Å². The van der Waals surface area contributed by atoms with Gasteiger partial charge in [-0.15, -0.1) is 23.5 Å². The van der Waals surface area contributed by atoms with E-state index in [2.05, 4.69) is 5.32 Å². The number of benzene rings is 1. The molecule has 1 aliphatic rings. The third-order valence-electron chi connectivity index (χ3n) is 3.77. The molecule has 1 aliphatic heterocycles. The predicted octanol–water partition coefficient (Wildman–Crippen LogP) is 3.39. The van der Waals surface area contributed by atoms with Gasteiger partial charge in [0.1, 0.15) is 0 Å². The summed E-state index contributed by atoms with van der Waals surface area (Å²) in [6.45, 7) is 3.30. The second kappa shape index (κ2) is 7.92. The minimum absolute atomic E-state index is 0.226. The molecule has 0 radical (unpaired) electrons. The second-order valence-corrected chi connectivity index (χ2v) is 8.16. The number of rotatable bonds is 5. The van der Waals surface area contributed by atoms with Crippen LogP contribution >= 0.6 is 23.5 Å². The van der Waals surface area contributed by atoms with Crippen molar-refractivity contribution in [3.63, 3.8) is 0 Å². The predicted molar refractivity (Wildman–Crippen MR) is 92.4 cm³/mol. The largest absolute Gasteiger partial charge is 0.481 e. The first-order chi connectivity index (χ1) is 10.5. The van der Waals surface area contributed by atoms with Crippen molar-refractivity contribution in [1.29, 1.82) is 0 Å². The molecular formula is C16H21NO3S2. The smallest absolute Gasteiger partial charge is 0.308 e. The van der Waals surface area contributed by atoms with Crippen LogP contribution in [0.4, 0.5) is 0 Å². The summed E-state index contributed by atoms with van der Waals surface area (Å²) in [5.74, 6) is 0.624. The molecular weight excluding hydrogens is 318 g/mol. The van der Waals surface area contributed by atoms with E-state index in [0.29, 0.717) is 10.1 Å². The number of carbonyl (C=O) groups excluding carboxylic acids is 1. The lowest BCUT2D eigenvalue weighted by molar-refractivity contribution is -0.141. The summed E-state index contributed by atoms with van der Waals surface area (Å²) in [6.07, 6.45) is 1.26. The lowest BCUT2D eigenvalue weighted by Crippen LogP contribution is -2.40. The molecule has 1 amide bonds. The zero-order valence-corrected chi connectivity index (χ0v) is 14.4. The van der Waals surface area contributed by atoms with E-state index in [9.17, 15) is 9.59 Å². The van der Waals surface area contributed by atoms with Gasteiger partial charge in [0.05, 0.1) is 10.5 Å². The second-order valence-electron chi connectivity index (χ2n) is 5.44. The number of nitrogens with one attached hydrogen (secondary N) is 1. The van der Waals surface area contributed by atoms with Gasteiger partial charge in [-0.3, -0.25) is 9.59 Å². The van der Waals surface area contributed by atoms with Gasteiger partial charge in [0.25, 0.3) is 5.91 Å². The number of hydrogen-bond acceptors (Lipinski definition) is 4. The summed E-state index contributed by atoms with van der Waals surface area (Å²) in [5, 5.41) is 11.7. The Labute approximate surface area is 139 Å². The number of amides is 1. The quantitative estimate of drug-likeness (QED) is 0.861. The number of carboxylic acid groups (broad SMARTS) is 1. The first-order valence-corrected chi connectivity index (χ1v) is 9.45.